The molecule has 0 radical (unpaired) electrons. The molecule has 1 heterocycles. The molecule has 4 amide bonds. The van der Waals surface area contributed by atoms with Gasteiger partial charge in [-0.25, -0.2) is 14.4 Å². The molecule has 0 saturated heterocycles. The number of phenolic OH excluding ortho intramolecular Hbond substituents is 2. The number of hydrogen-bond donors (Lipinski definition) is 6. The Labute approximate surface area is 291 Å². The Morgan fingerprint density at radius 3 is 1.94 bits per heavy atom. The van der Waals surface area contributed by atoms with E-state index in [0.717, 1.165) is 4.90 Å². The summed E-state index contributed by atoms with van der Waals surface area (Å²) in [4.78, 5) is 66.3. The maximum atomic E-state index is 14.2. The van der Waals surface area contributed by atoms with Gasteiger partial charge in [0.25, 0.3) is 0 Å². The molecule has 0 aromatic heterocycles. The number of carboxylic acid groups (broad SMARTS) is 1. The fourth-order valence-corrected chi connectivity index (χ4v) is 5.30. The molecule has 274 valence electrons. The lowest BCUT2D eigenvalue weighted by molar-refractivity contribution is -0.146. The van der Waals surface area contributed by atoms with Crippen LogP contribution in [0, 0.1) is 0 Å². The molecule has 2 aromatic rings. The van der Waals surface area contributed by atoms with Crippen molar-refractivity contribution in [3.8, 4) is 22.6 Å². The van der Waals surface area contributed by atoms with Gasteiger partial charge in [-0.15, -0.1) is 0 Å². The first kappa shape index (κ1) is 39.2. The van der Waals surface area contributed by atoms with Gasteiger partial charge in [0.2, 0.25) is 11.8 Å². The van der Waals surface area contributed by atoms with Gasteiger partial charge in [-0.3, -0.25) is 9.59 Å². The van der Waals surface area contributed by atoms with E-state index in [0.29, 0.717) is 11.1 Å². The number of ether oxygens (including phenoxy) is 3. The summed E-state index contributed by atoms with van der Waals surface area (Å²) in [5, 5.41) is 39.0. The van der Waals surface area contributed by atoms with E-state index in [1.807, 2.05) is 0 Å². The topological polar surface area (TPSA) is 213 Å². The zero-order chi connectivity index (χ0) is 37.4. The quantitative estimate of drug-likeness (QED) is 0.135. The Morgan fingerprint density at radius 1 is 0.880 bits per heavy atom. The van der Waals surface area contributed by atoms with Gasteiger partial charge in [-0.1, -0.05) is 12.1 Å². The molecule has 1 aliphatic rings. The molecule has 4 bridgehead atoms. The molecule has 0 spiro atoms. The minimum atomic E-state index is -1.67. The van der Waals surface area contributed by atoms with E-state index in [1.54, 1.807) is 72.7 Å². The van der Waals surface area contributed by atoms with Crippen molar-refractivity contribution in [2.45, 2.75) is 104 Å². The Kier molecular flexibility index (Phi) is 12.9. The van der Waals surface area contributed by atoms with Crippen molar-refractivity contribution in [2.75, 3.05) is 13.1 Å². The summed E-state index contributed by atoms with van der Waals surface area (Å²) in [6.45, 7) is 11.7. The molecule has 6 N–H and O–H groups in total. The van der Waals surface area contributed by atoms with Crippen LogP contribution < -0.4 is 16.0 Å². The van der Waals surface area contributed by atoms with Crippen molar-refractivity contribution in [3.05, 3.63) is 47.5 Å². The second-order valence-corrected chi connectivity index (χ2v) is 13.9. The van der Waals surface area contributed by atoms with Crippen LogP contribution in [0.3, 0.4) is 0 Å². The van der Waals surface area contributed by atoms with Crippen molar-refractivity contribution in [3.63, 3.8) is 0 Å². The fourth-order valence-electron chi connectivity index (χ4n) is 5.30. The predicted octanol–water partition coefficient (Wildman–Crippen LogP) is 4.42. The molecule has 0 unspecified atom stereocenters. The second kappa shape index (κ2) is 16.5. The molecular formula is C35H48N4O11. The molecule has 0 aliphatic carbocycles. The zero-order valence-corrected chi connectivity index (χ0v) is 29.5. The number of rotatable bonds is 7. The summed E-state index contributed by atoms with van der Waals surface area (Å²) in [6.07, 6.45) is -4.97. The Morgan fingerprint density at radius 2 is 1.42 bits per heavy atom. The van der Waals surface area contributed by atoms with Gasteiger partial charge < -0.3 is 50.4 Å². The third-order valence-electron chi connectivity index (χ3n) is 7.48. The highest BCUT2D eigenvalue weighted by atomic mass is 16.7. The van der Waals surface area contributed by atoms with Gasteiger partial charge in [-0.05, 0) is 102 Å². The lowest BCUT2D eigenvalue weighted by atomic mass is 9.96. The lowest BCUT2D eigenvalue weighted by Gasteiger charge is -2.33. The third-order valence-corrected chi connectivity index (χ3v) is 7.48. The number of likely N-dealkylation sites (N-methyl/N-ethyl adjacent to an activating group) is 1. The van der Waals surface area contributed by atoms with Gasteiger partial charge in [0, 0.05) is 31.5 Å². The highest BCUT2D eigenvalue weighted by molar-refractivity contribution is 5.92. The van der Waals surface area contributed by atoms with Gasteiger partial charge in [0.05, 0.1) is 0 Å². The molecule has 3 rings (SSSR count). The summed E-state index contributed by atoms with van der Waals surface area (Å²) < 4.78 is 15.8. The van der Waals surface area contributed by atoms with E-state index >= 15 is 0 Å². The Balaban J connectivity index is 2.10. The number of benzene rings is 2. The summed E-state index contributed by atoms with van der Waals surface area (Å²) in [6, 6.07) is 6.68. The number of carbonyl (C=O) groups is 5. The van der Waals surface area contributed by atoms with E-state index in [4.69, 9.17) is 14.2 Å². The van der Waals surface area contributed by atoms with Crippen LogP contribution in [-0.4, -0.2) is 93.0 Å². The number of hydrogen-bond acceptors (Lipinski definition) is 10. The van der Waals surface area contributed by atoms with E-state index in [9.17, 15) is 39.3 Å². The monoisotopic (exact) mass is 700 g/mol. The van der Waals surface area contributed by atoms with Gasteiger partial charge >= 0.3 is 18.3 Å². The molecule has 0 fully saturated rings. The van der Waals surface area contributed by atoms with Crippen LogP contribution in [0.5, 0.6) is 11.5 Å². The van der Waals surface area contributed by atoms with Crippen LogP contribution in [-0.2, 0) is 36.6 Å². The standard InChI is InChI=1S/C35H48N4O11/c1-8-39-28(48-33(46)47)19-23-17-21(12-14-27(23)41)20-11-13-26(40)22(16-20)18-25(38-32(45)50-35(5,6)7)29(42)37-24(30(39)43)10-9-15-36-31(44)49-34(2,3)4/h11-14,16-17,24-25,28,40-41H,8-10,15,18-19H2,1-7H3,(H,36,44)(H,37,42)(H,38,45)(H,46,47)/t24-,25-,28-/m0/s1. The average Bonchev–Trinajstić information content (AvgIpc) is 2.98. The molecular weight excluding hydrogens is 652 g/mol. The number of carbonyl (C=O) groups excluding carboxylic acids is 4. The first-order valence-corrected chi connectivity index (χ1v) is 16.4. The van der Waals surface area contributed by atoms with Crippen LogP contribution in [0.2, 0.25) is 0 Å². The molecule has 2 aromatic carbocycles. The number of fused-ring (bicyclic) bond motifs is 5. The van der Waals surface area contributed by atoms with Gasteiger partial charge in [0.15, 0.2) is 6.23 Å². The number of nitrogens with one attached hydrogen (secondary N) is 3. The molecule has 15 nitrogen and oxygen atoms in total. The maximum Gasteiger partial charge on any atom is 0.507 e. The van der Waals surface area contributed by atoms with Crippen molar-refractivity contribution >= 4 is 30.2 Å². The van der Waals surface area contributed by atoms with Crippen LogP contribution >= 0.6 is 0 Å². The third kappa shape index (κ3) is 11.7. The zero-order valence-electron chi connectivity index (χ0n) is 29.5. The number of alkyl carbamates (subject to hydrolysis) is 2. The highest BCUT2D eigenvalue weighted by Crippen LogP contribution is 2.32. The minimum absolute atomic E-state index is 0.0305. The van der Waals surface area contributed by atoms with E-state index in [2.05, 4.69) is 16.0 Å². The Bertz CT molecular complexity index is 1560. The lowest BCUT2D eigenvalue weighted by Crippen LogP contribution is -2.57. The van der Waals surface area contributed by atoms with Crippen LogP contribution in [0.15, 0.2) is 36.4 Å². The van der Waals surface area contributed by atoms with E-state index < -0.39 is 59.7 Å². The first-order chi connectivity index (χ1) is 23.3. The van der Waals surface area contributed by atoms with E-state index in [1.165, 1.54) is 12.1 Å². The summed E-state index contributed by atoms with van der Waals surface area (Å²) in [5.74, 6) is -1.83. The van der Waals surface area contributed by atoms with Crippen LogP contribution in [0.25, 0.3) is 11.1 Å². The number of aromatic hydroxyl groups is 2. The Hall–Kier alpha value is -5.21. The molecule has 3 atom stereocenters. The van der Waals surface area contributed by atoms with Gasteiger partial charge in [0.1, 0.15) is 34.8 Å². The molecule has 15 heteroatoms. The van der Waals surface area contributed by atoms with E-state index in [-0.39, 0.29) is 61.4 Å². The second-order valence-electron chi connectivity index (χ2n) is 13.9. The fraction of sp³-hybridized carbons (Fsp3) is 0.514. The SMILES string of the molecule is CCN1C(=O)[C@H](CCCNC(=O)OC(C)(C)C)NC(=O)[C@@H](NC(=O)OC(C)(C)C)Cc2cc(ccc2O)-c2ccc(O)c(c2)C[C@@H]1OC(=O)O. The number of amides is 4. The van der Waals surface area contributed by atoms with Crippen molar-refractivity contribution in [1.82, 2.24) is 20.9 Å². The highest BCUT2D eigenvalue weighted by Gasteiger charge is 2.35. The summed E-state index contributed by atoms with van der Waals surface area (Å²) >= 11 is 0. The maximum absolute atomic E-state index is 14.2. The number of phenols is 2. The predicted molar refractivity (Wildman–Crippen MR) is 181 cm³/mol. The van der Waals surface area contributed by atoms with Crippen LogP contribution in [0.4, 0.5) is 14.4 Å². The molecule has 0 saturated carbocycles. The molecule has 50 heavy (non-hydrogen) atoms. The van der Waals surface area contributed by atoms with Crippen molar-refractivity contribution in [1.29, 1.82) is 0 Å². The largest absolute Gasteiger partial charge is 0.508 e. The number of nitrogens with zero attached hydrogens (tertiary/aromatic N) is 1. The van der Waals surface area contributed by atoms with Crippen LogP contribution in [0.1, 0.15) is 72.4 Å². The van der Waals surface area contributed by atoms with Crippen molar-refractivity contribution < 1.29 is 53.5 Å². The summed E-state index contributed by atoms with van der Waals surface area (Å²) in [7, 11) is 0. The first-order valence-electron chi connectivity index (χ1n) is 16.4. The van der Waals surface area contributed by atoms with Crippen molar-refractivity contribution in [2.24, 2.45) is 0 Å². The molecule has 1 aliphatic heterocycles. The normalized spacial score (nSPS) is 18.5. The average molecular weight is 701 g/mol. The smallest absolute Gasteiger partial charge is 0.507 e. The van der Waals surface area contributed by atoms with Gasteiger partial charge in [-0.2, -0.15) is 0 Å². The summed E-state index contributed by atoms with van der Waals surface area (Å²) in [5.41, 5.74) is 0.0794. The minimum Gasteiger partial charge on any atom is -0.508 e.